The fraction of sp³-hybridized carbons (Fsp3) is 0.182. The maximum Gasteiger partial charge on any atom is 1.00 e. The standard InChI is InChI=1S/C11H12N2O.Na/c1-9-8-11(14)13(12(9)2)10-6-4-3-5-7-10;/h3-8H,1-2H3;/q;+1. The summed E-state index contributed by atoms with van der Waals surface area (Å²) >= 11 is 0. The molecule has 1 heterocycles. The molecule has 0 spiro atoms. The van der Waals surface area contributed by atoms with Gasteiger partial charge in [-0.25, -0.2) is 4.68 Å². The molecule has 0 bridgehead atoms. The summed E-state index contributed by atoms with van der Waals surface area (Å²) in [7, 11) is 1.88. The molecule has 15 heavy (non-hydrogen) atoms. The van der Waals surface area contributed by atoms with Crippen LogP contribution < -0.4 is 35.1 Å². The third-order valence-corrected chi connectivity index (χ3v) is 2.35. The van der Waals surface area contributed by atoms with E-state index in [1.165, 1.54) is 0 Å². The fourth-order valence-electron chi connectivity index (χ4n) is 1.51. The van der Waals surface area contributed by atoms with Crippen LogP contribution in [0.25, 0.3) is 5.69 Å². The van der Waals surface area contributed by atoms with Crippen LogP contribution in [0.4, 0.5) is 0 Å². The Balaban J connectivity index is 0.00000112. The molecule has 0 atom stereocenters. The van der Waals surface area contributed by atoms with E-state index in [0.29, 0.717) is 0 Å². The van der Waals surface area contributed by atoms with Crippen LogP contribution >= 0.6 is 0 Å². The summed E-state index contributed by atoms with van der Waals surface area (Å²) in [6, 6.07) is 11.2. The van der Waals surface area contributed by atoms with Gasteiger partial charge in [0.25, 0.3) is 5.56 Å². The molecule has 1 aromatic carbocycles. The van der Waals surface area contributed by atoms with Crippen LogP contribution in [-0.4, -0.2) is 9.36 Å². The first-order chi connectivity index (χ1) is 6.70. The van der Waals surface area contributed by atoms with Crippen molar-refractivity contribution in [3.63, 3.8) is 0 Å². The Hall–Kier alpha value is -0.770. The minimum absolute atomic E-state index is 0. The van der Waals surface area contributed by atoms with Gasteiger partial charge in [0, 0.05) is 18.8 Å². The van der Waals surface area contributed by atoms with E-state index in [9.17, 15) is 4.79 Å². The Morgan fingerprint density at radius 1 is 1.13 bits per heavy atom. The van der Waals surface area contributed by atoms with Crippen LogP contribution in [0.15, 0.2) is 41.2 Å². The Kier molecular flexibility index (Phi) is 3.97. The second-order valence-corrected chi connectivity index (χ2v) is 3.29. The Morgan fingerprint density at radius 3 is 2.20 bits per heavy atom. The van der Waals surface area contributed by atoms with Crippen LogP contribution in [0.5, 0.6) is 0 Å². The van der Waals surface area contributed by atoms with Crippen LogP contribution in [-0.2, 0) is 7.05 Å². The van der Waals surface area contributed by atoms with Crippen LogP contribution in [0.3, 0.4) is 0 Å². The molecule has 4 heteroatoms. The first-order valence-corrected chi connectivity index (χ1v) is 4.51. The predicted molar refractivity (Wildman–Crippen MR) is 55.7 cm³/mol. The van der Waals surface area contributed by atoms with Crippen molar-refractivity contribution in [1.29, 1.82) is 0 Å². The summed E-state index contributed by atoms with van der Waals surface area (Å²) in [6.45, 7) is 1.92. The van der Waals surface area contributed by atoms with Crippen LogP contribution in [0, 0.1) is 6.92 Å². The minimum Gasteiger partial charge on any atom is -0.285 e. The monoisotopic (exact) mass is 211 g/mol. The largest absolute Gasteiger partial charge is 1.00 e. The second-order valence-electron chi connectivity index (χ2n) is 3.29. The van der Waals surface area contributed by atoms with E-state index in [1.807, 2.05) is 49.0 Å². The molecular weight excluding hydrogens is 199 g/mol. The molecule has 0 unspecified atom stereocenters. The zero-order valence-electron chi connectivity index (χ0n) is 9.27. The summed E-state index contributed by atoms with van der Waals surface area (Å²) in [6.07, 6.45) is 0. The molecule has 2 rings (SSSR count). The molecule has 0 saturated carbocycles. The second kappa shape index (κ2) is 4.84. The normalized spacial score (nSPS) is 9.73. The number of hydrogen-bond acceptors (Lipinski definition) is 1. The number of hydrogen-bond donors (Lipinski definition) is 0. The van der Waals surface area contributed by atoms with Crippen LogP contribution in [0.2, 0.25) is 0 Å². The summed E-state index contributed by atoms with van der Waals surface area (Å²) in [5.74, 6) is 0. The van der Waals surface area contributed by atoms with Gasteiger partial charge in [-0.2, -0.15) is 0 Å². The van der Waals surface area contributed by atoms with Crippen molar-refractivity contribution in [1.82, 2.24) is 9.36 Å². The molecule has 72 valence electrons. The molecule has 0 aliphatic heterocycles. The smallest absolute Gasteiger partial charge is 0.285 e. The average molecular weight is 211 g/mol. The molecule has 0 aliphatic carbocycles. The zero-order valence-corrected chi connectivity index (χ0v) is 11.3. The number of aryl methyl sites for hydroxylation is 1. The van der Waals surface area contributed by atoms with Crippen molar-refractivity contribution in [2.75, 3.05) is 0 Å². The molecule has 0 radical (unpaired) electrons. The van der Waals surface area contributed by atoms with Crippen molar-refractivity contribution in [3.05, 3.63) is 52.4 Å². The Morgan fingerprint density at radius 2 is 1.73 bits per heavy atom. The van der Waals surface area contributed by atoms with Gasteiger partial charge in [-0.3, -0.25) is 9.48 Å². The topological polar surface area (TPSA) is 26.9 Å². The van der Waals surface area contributed by atoms with E-state index in [-0.39, 0.29) is 35.1 Å². The third-order valence-electron chi connectivity index (χ3n) is 2.35. The van der Waals surface area contributed by atoms with E-state index >= 15 is 0 Å². The van der Waals surface area contributed by atoms with Gasteiger partial charge in [0.2, 0.25) is 0 Å². The van der Waals surface area contributed by atoms with Gasteiger partial charge >= 0.3 is 29.6 Å². The van der Waals surface area contributed by atoms with Crippen LogP contribution in [0.1, 0.15) is 5.69 Å². The van der Waals surface area contributed by atoms with E-state index in [1.54, 1.807) is 10.7 Å². The van der Waals surface area contributed by atoms with Crippen molar-refractivity contribution in [3.8, 4) is 5.69 Å². The molecule has 0 aliphatic rings. The van der Waals surface area contributed by atoms with Gasteiger partial charge < -0.3 is 0 Å². The third kappa shape index (κ3) is 2.25. The average Bonchev–Trinajstić information content (AvgIpc) is 2.43. The number of rotatable bonds is 1. The van der Waals surface area contributed by atoms with Gasteiger partial charge in [-0.15, -0.1) is 0 Å². The quantitative estimate of drug-likeness (QED) is 0.527. The minimum atomic E-state index is 0. The molecule has 0 N–H and O–H groups in total. The number of benzene rings is 1. The maximum absolute atomic E-state index is 11.6. The van der Waals surface area contributed by atoms with Gasteiger partial charge in [-0.05, 0) is 19.1 Å². The molecule has 1 aromatic heterocycles. The summed E-state index contributed by atoms with van der Waals surface area (Å²) in [5, 5.41) is 0. The first-order valence-electron chi connectivity index (χ1n) is 4.51. The number of aromatic nitrogens is 2. The van der Waals surface area contributed by atoms with E-state index in [0.717, 1.165) is 11.4 Å². The number of para-hydroxylation sites is 1. The molecule has 3 nitrogen and oxygen atoms in total. The SMILES string of the molecule is Cc1cc(=O)n(-c2ccccc2)n1C.[Na+]. The fourth-order valence-corrected chi connectivity index (χ4v) is 1.51. The Labute approximate surface area is 111 Å². The van der Waals surface area contributed by atoms with Crippen molar-refractivity contribution < 1.29 is 29.6 Å². The van der Waals surface area contributed by atoms with Gasteiger partial charge in [0.15, 0.2) is 0 Å². The molecular formula is C11H12N2NaO+. The summed E-state index contributed by atoms with van der Waals surface area (Å²) in [5.41, 5.74) is 1.86. The molecule has 0 saturated heterocycles. The maximum atomic E-state index is 11.6. The zero-order chi connectivity index (χ0) is 10.1. The van der Waals surface area contributed by atoms with E-state index in [2.05, 4.69) is 0 Å². The predicted octanol–water partition coefficient (Wildman–Crippen LogP) is -1.51. The van der Waals surface area contributed by atoms with Gasteiger partial charge in [-0.1, -0.05) is 18.2 Å². The molecule has 0 amide bonds. The van der Waals surface area contributed by atoms with E-state index in [4.69, 9.17) is 0 Å². The molecule has 2 aromatic rings. The Bertz CT molecular complexity index is 499. The molecule has 0 fully saturated rings. The van der Waals surface area contributed by atoms with E-state index < -0.39 is 0 Å². The van der Waals surface area contributed by atoms with Gasteiger partial charge in [0.05, 0.1) is 5.69 Å². The number of nitrogens with zero attached hydrogens (tertiary/aromatic N) is 2. The van der Waals surface area contributed by atoms with Crippen molar-refractivity contribution >= 4 is 0 Å². The first kappa shape index (κ1) is 12.3. The van der Waals surface area contributed by atoms with Crippen molar-refractivity contribution in [2.24, 2.45) is 7.05 Å². The van der Waals surface area contributed by atoms with Crippen molar-refractivity contribution in [2.45, 2.75) is 6.92 Å². The van der Waals surface area contributed by atoms with Gasteiger partial charge in [0.1, 0.15) is 0 Å². The summed E-state index contributed by atoms with van der Waals surface area (Å²) < 4.78 is 3.49. The summed E-state index contributed by atoms with van der Waals surface area (Å²) in [4.78, 5) is 11.6.